The summed E-state index contributed by atoms with van der Waals surface area (Å²) in [5.41, 5.74) is 2.16. The number of carbonyl (C=O) groups is 1. The summed E-state index contributed by atoms with van der Waals surface area (Å²) < 4.78 is 21.9. The Morgan fingerprint density at radius 1 is 1.22 bits per heavy atom. The van der Waals surface area contributed by atoms with E-state index in [1.807, 2.05) is 12.1 Å². The largest absolute Gasteiger partial charge is 0.482 e. The highest BCUT2D eigenvalue weighted by Gasteiger charge is 2.45. The first-order valence-electron chi connectivity index (χ1n) is 11.5. The summed E-state index contributed by atoms with van der Waals surface area (Å²) in [6, 6.07) is 5.70. The van der Waals surface area contributed by atoms with Crippen molar-refractivity contribution in [1.29, 1.82) is 0 Å². The van der Waals surface area contributed by atoms with Crippen molar-refractivity contribution < 1.29 is 38.6 Å². The molecule has 0 heterocycles. The van der Waals surface area contributed by atoms with Gasteiger partial charge in [-0.2, -0.15) is 0 Å². The van der Waals surface area contributed by atoms with Gasteiger partial charge in [0, 0.05) is 0 Å². The van der Waals surface area contributed by atoms with Crippen LogP contribution in [0.4, 0.5) is 0 Å². The number of carboxylic acids is 1. The third kappa shape index (κ3) is 6.78. The summed E-state index contributed by atoms with van der Waals surface area (Å²) in [4.78, 5) is 29.4. The van der Waals surface area contributed by atoms with Crippen LogP contribution in [0.1, 0.15) is 63.0 Å². The van der Waals surface area contributed by atoms with E-state index < -0.39 is 26.0 Å². The van der Waals surface area contributed by atoms with Crippen LogP contribution in [-0.4, -0.2) is 44.8 Å². The van der Waals surface area contributed by atoms with Crippen LogP contribution < -0.4 is 4.74 Å². The highest BCUT2D eigenvalue weighted by molar-refractivity contribution is 7.46. The van der Waals surface area contributed by atoms with Crippen molar-refractivity contribution in [3.05, 3.63) is 29.3 Å². The second-order valence-corrected chi connectivity index (χ2v) is 10.4. The summed E-state index contributed by atoms with van der Waals surface area (Å²) in [5, 5.41) is 19.7. The minimum Gasteiger partial charge on any atom is -0.482 e. The van der Waals surface area contributed by atoms with Crippen LogP contribution in [0.2, 0.25) is 0 Å². The van der Waals surface area contributed by atoms with Gasteiger partial charge >= 0.3 is 13.8 Å². The first kappa shape index (κ1) is 25.2. The molecule has 5 atom stereocenters. The van der Waals surface area contributed by atoms with E-state index in [0.29, 0.717) is 31.4 Å². The highest BCUT2D eigenvalue weighted by Crippen LogP contribution is 2.49. The topological polar surface area (TPSA) is 134 Å². The molecule has 0 saturated heterocycles. The molecule has 0 aromatic heterocycles. The normalized spacial score (nSPS) is 25.8. The van der Waals surface area contributed by atoms with Gasteiger partial charge in [-0.15, -0.1) is 0 Å². The molecule has 3 unspecified atom stereocenters. The number of phosphoric acid groups is 1. The van der Waals surface area contributed by atoms with Crippen LogP contribution in [0.3, 0.4) is 0 Å². The predicted octanol–water partition coefficient (Wildman–Crippen LogP) is 3.70. The Morgan fingerprint density at radius 2 is 2.00 bits per heavy atom. The number of ether oxygens (including phenoxy) is 1. The highest BCUT2D eigenvalue weighted by atomic mass is 31.2. The van der Waals surface area contributed by atoms with E-state index >= 15 is 0 Å². The van der Waals surface area contributed by atoms with Crippen molar-refractivity contribution in [2.75, 3.05) is 6.61 Å². The lowest BCUT2D eigenvalue weighted by Gasteiger charge is -2.32. The van der Waals surface area contributed by atoms with Gasteiger partial charge in [0.15, 0.2) is 6.61 Å². The second-order valence-electron chi connectivity index (χ2n) is 9.17. The predicted molar refractivity (Wildman–Crippen MR) is 118 cm³/mol. The molecule has 0 aliphatic heterocycles. The molecule has 0 spiro atoms. The van der Waals surface area contributed by atoms with Gasteiger partial charge < -0.3 is 24.7 Å². The molecule has 4 N–H and O–H groups in total. The van der Waals surface area contributed by atoms with Gasteiger partial charge in [-0.3, -0.25) is 4.52 Å². The zero-order valence-corrected chi connectivity index (χ0v) is 19.5. The van der Waals surface area contributed by atoms with Crippen molar-refractivity contribution in [2.45, 2.75) is 76.9 Å². The summed E-state index contributed by atoms with van der Waals surface area (Å²) in [6.07, 6.45) is 5.84. The molecule has 1 aromatic rings. The van der Waals surface area contributed by atoms with E-state index in [1.165, 1.54) is 0 Å². The lowest BCUT2D eigenvalue weighted by atomic mass is 9.73. The quantitative estimate of drug-likeness (QED) is 0.268. The fraction of sp³-hybridized carbons (Fsp3) is 0.696. The summed E-state index contributed by atoms with van der Waals surface area (Å²) >= 11 is 0. The van der Waals surface area contributed by atoms with E-state index in [1.54, 1.807) is 6.07 Å². The van der Waals surface area contributed by atoms with Crippen molar-refractivity contribution in [2.24, 2.45) is 17.8 Å². The average molecular weight is 470 g/mol. The van der Waals surface area contributed by atoms with Gasteiger partial charge in [-0.25, -0.2) is 9.36 Å². The van der Waals surface area contributed by atoms with Crippen LogP contribution in [0.25, 0.3) is 0 Å². The number of hydrogen-bond donors (Lipinski definition) is 4. The van der Waals surface area contributed by atoms with Crippen molar-refractivity contribution in [1.82, 2.24) is 0 Å². The zero-order valence-electron chi connectivity index (χ0n) is 18.6. The van der Waals surface area contributed by atoms with Crippen LogP contribution in [0.15, 0.2) is 18.2 Å². The number of aliphatic hydroxyl groups is 1. The first-order valence-corrected chi connectivity index (χ1v) is 13.1. The number of unbranched alkanes of at least 4 members (excludes halogenated alkanes) is 2. The maximum Gasteiger partial charge on any atom is 0.469 e. The molecule has 0 radical (unpaired) electrons. The summed E-state index contributed by atoms with van der Waals surface area (Å²) in [7, 11) is -4.56. The molecule has 9 heteroatoms. The number of fused-ring (bicyclic) bond motifs is 2. The van der Waals surface area contributed by atoms with Crippen molar-refractivity contribution >= 4 is 13.8 Å². The van der Waals surface area contributed by atoms with Gasteiger partial charge in [0.1, 0.15) is 5.75 Å². The average Bonchev–Trinajstić information content (AvgIpc) is 3.01. The zero-order chi connectivity index (χ0) is 23.3. The standard InChI is InChI=1S/C23H35O8P/c1-2-3-4-7-17(31-32(27,28)29)9-10-18-19-11-15-6-5-8-22(30-14-23(25)26)20(15)12-16(19)13-21(18)24/h5-6,8,16-19,21,24H,2-4,7,9-14H2,1H3,(H,25,26)(H2,27,28,29)/t16?,17?,18-,19?,21-/m1/s1. The molecule has 2 aliphatic carbocycles. The Labute approximate surface area is 189 Å². The van der Waals surface area contributed by atoms with Gasteiger partial charge in [0.25, 0.3) is 0 Å². The molecule has 0 bridgehead atoms. The number of phosphoric ester groups is 1. The Hall–Kier alpha value is -1.44. The van der Waals surface area contributed by atoms with Gasteiger partial charge in [-0.1, -0.05) is 38.3 Å². The second kappa shape index (κ2) is 11.1. The number of carboxylic acid groups (broad SMARTS) is 1. The fourth-order valence-corrected chi connectivity index (χ4v) is 6.12. The number of hydrogen-bond acceptors (Lipinski definition) is 5. The molecular formula is C23H35O8P. The first-order chi connectivity index (χ1) is 15.2. The SMILES string of the molecule is CCCCCC(CC[C@@H]1C2Cc3cccc(OCC(=O)O)c3CC2C[C@H]1O)OP(=O)(O)O. The summed E-state index contributed by atoms with van der Waals surface area (Å²) in [6.45, 7) is 1.70. The minimum absolute atomic E-state index is 0.0470. The molecule has 1 aromatic carbocycles. The Balaban J connectivity index is 1.66. The van der Waals surface area contributed by atoms with Gasteiger partial charge in [0.2, 0.25) is 0 Å². The van der Waals surface area contributed by atoms with Crippen LogP contribution >= 0.6 is 7.82 Å². The van der Waals surface area contributed by atoms with Crippen LogP contribution in [0, 0.1) is 17.8 Å². The third-order valence-electron chi connectivity index (χ3n) is 6.94. The van der Waals surface area contributed by atoms with E-state index in [4.69, 9.17) is 14.4 Å². The molecule has 0 amide bonds. The van der Waals surface area contributed by atoms with E-state index in [2.05, 4.69) is 6.92 Å². The summed E-state index contributed by atoms with van der Waals surface area (Å²) in [5.74, 6) is 0.189. The van der Waals surface area contributed by atoms with E-state index in [0.717, 1.165) is 43.2 Å². The van der Waals surface area contributed by atoms with Crippen LogP contribution in [-0.2, 0) is 26.7 Å². The Bertz CT molecular complexity index is 822. The van der Waals surface area contributed by atoms with Gasteiger partial charge in [-0.05, 0) is 73.5 Å². The van der Waals surface area contributed by atoms with E-state index in [-0.39, 0.29) is 24.4 Å². The lowest BCUT2D eigenvalue weighted by molar-refractivity contribution is -0.139. The van der Waals surface area contributed by atoms with Crippen LogP contribution in [0.5, 0.6) is 5.75 Å². The molecule has 1 fully saturated rings. The number of benzene rings is 1. The smallest absolute Gasteiger partial charge is 0.469 e. The molecule has 3 rings (SSSR count). The van der Waals surface area contributed by atoms with Crippen molar-refractivity contribution in [3.8, 4) is 5.75 Å². The van der Waals surface area contributed by atoms with E-state index in [9.17, 15) is 24.3 Å². The molecule has 32 heavy (non-hydrogen) atoms. The molecule has 2 aliphatic rings. The maximum atomic E-state index is 11.4. The number of aliphatic carboxylic acids is 1. The Kier molecular flexibility index (Phi) is 8.75. The van der Waals surface area contributed by atoms with Crippen molar-refractivity contribution in [3.63, 3.8) is 0 Å². The molecule has 180 valence electrons. The lowest BCUT2D eigenvalue weighted by Crippen LogP contribution is -2.28. The number of aliphatic hydroxyl groups excluding tert-OH is 1. The molecule has 1 saturated carbocycles. The Morgan fingerprint density at radius 3 is 2.69 bits per heavy atom. The third-order valence-corrected chi connectivity index (χ3v) is 7.51. The maximum absolute atomic E-state index is 11.4. The molecule has 8 nitrogen and oxygen atoms in total. The minimum atomic E-state index is -4.56. The molecular weight excluding hydrogens is 435 g/mol. The number of rotatable bonds is 12. The monoisotopic (exact) mass is 470 g/mol. The fourth-order valence-electron chi connectivity index (χ4n) is 5.52. The van der Waals surface area contributed by atoms with Gasteiger partial charge in [0.05, 0.1) is 12.2 Å².